The molecule has 0 spiro atoms. The molecule has 0 aliphatic carbocycles. The largest absolute Gasteiger partial charge is 0.396 e. The molecular weight excluding hydrogens is 232 g/mol. The summed E-state index contributed by atoms with van der Waals surface area (Å²) < 4.78 is 1.50. The minimum Gasteiger partial charge on any atom is -0.396 e. The number of rotatable bonds is 4. The van der Waals surface area contributed by atoms with Crippen LogP contribution in [-0.2, 0) is 7.05 Å². The van der Waals surface area contributed by atoms with Crippen molar-refractivity contribution in [2.45, 2.75) is 33.2 Å². The number of amides is 1. The van der Waals surface area contributed by atoms with Crippen molar-refractivity contribution in [3.63, 3.8) is 0 Å². The lowest BCUT2D eigenvalue weighted by Crippen LogP contribution is -2.44. The van der Waals surface area contributed by atoms with E-state index in [4.69, 9.17) is 10.8 Å². The van der Waals surface area contributed by atoms with Gasteiger partial charge in [-0.15, -0.1) is 0 Å². The van der Waals surface area contributed by atoms with Crippen molar-refractivity contribution in [3.8, 4) is 0 Å². The summed E-state index contributed by atoms with van der Waals surface area (Å²) in [7, 11) is 1.71. The third-order valence-corrected chi connectivity index (χ3v) is 2.84. The summed E-state index contributed by atoms with van der Waals surface area (Å²) in [4.78, 5) is 12.1. The Hall–Kier alpha value is -1.56. The molecule has 0 aromatic carbocycles. The van der Waals surface area contributed by atoms with Gasteiger partial charge in [0, 0.05) is 25.9 Å². The van der Waals surface area contributed by atoms with Gasteiger partial charge in [-0.3, -0.25) is 9.48 Å². The SMILES string of the molecule is Cn1cc(N)c(C(=O)NC(CCO)C(C)(C)C)n1. The van der Waals surface area contributed by atoms with Crippen molar-refractivity contribution >= 4 is 11.6 Å². The van der Waals surface area contributed by atoms with Crippen molar-refractivity contribution in [1.82, 2.24) is 15.1 Å². The zero-order valence-corrected chi connectivity index (χ0v) is 11.4. The van der Waals surface area contributed by atoms with E-state index in [-0.39, 0.29) is 29.7 Å². The third-order valence-electron chi connectivity index (χ3n) is 2.84. The van der Waals surface area contributed by atoms with Gasteiger partial charge >= 0.3 is 0 Å². The van der Waals surface area contributed by atoms with Gasteiger partial charge in [0.25, 0.3) is 5.91 Å². The summed E-state index contributed by atoms with van der Waals surface area (Å²) in [5.41, 5.74) is 6.15. The maximum atomic E-state index is 12.1. The molecule has 102 valence electrons. The van der Waals surface area contributed by atoms with E-state index in [1.807, 2.05) is 20.8 Å². The van der Waals surface area contributed by atoms with Crippen LogP contribution in [0.5, 0.6) is 0 Å². The average Bonchev–Trinajstić information content (AvgIpc) is 2.55. The number of aliphatic hydroxyl groups excluding tert-OH is 1. The van der Waals surface area contributed by atoms with E-state index in [1.165, 1.54) is 4.68 Å². The molecule has 1 unspecified atom stereocenters. The molecule has 6 heteroatoms. The van der Waals surface area contributed by atoms with E-state index in [0.29, 0.717) is 12.1 Å². The van der Waals surface area contributed by atoms with Crippen LogP contribution in [0.4, 0.5) is 5.69 Å². The maximum absolute atomic E-state index is 12.1. The smallest absolute Gasteiger partial charge is 0.274 e. The molecule has 1 aromatic rings. The molecular formula is C12H22N4O2. The van der Waals surface area contributed by atoms with Gasteiger partial charge in [-0.25, -0.2) is 0 Å². The van der Waals surface area contributed by atoms with E-state index < -0.39 is 0 Å². The number of carbonyl (C=O) groups excluding carboxylic acids is 1. The second kappa shape index (κ2) is 5.39. The van der Waals surface area contributed by atoms with Gasteiger partial charge in [0.15, 0.2) is 5.69 Å². The highest BCUT2D eigenvalue weighted by Gasteiger charge is 2.27. The maximum Gasteiger partial charge on any atom is 0.274 e. The van der Waals surface area contributed by atoms with Crippen molar-refractivity contribution in [2.75, 3.05) is 12.3 Å². The lowest BCUT2D eigenvalue weighted by Gasteiger charge is -2.30. The first-order valence-corrected chi connectivity index (χ1v) is 5.96. The highest BCUT2D eigenvalue weighted by atomic mass is 16.3. The number of aryl methyl sites for hydroxylation is 1. The molecule has 4 N–H and O–H groups in total. The zero-order valence-electron chi connectivity index (χ0n) is 11.4. The molecule has 6 nitrogen and oxygen atoms in total. The molecule has 0 saturated heterocycles. The van der Waals surface area contributed by atoms with E-state index in [9.17, 15) is 4.79 Å². The summed E-state index contributed by atoms with van der Waals surface area (Å²) in [5.74, 6) is -0.304. The number of aliphatic hydroxyl groups is 1. The summed E-state index contributed by atoms with van der Waals surface area (Å²) >= 11 is 0. The Labute approximate surface area is 107 Å². The van der Waals surface area contributed by atoms with Crippen LogP contribution < -0.4 is 11.1 Å². The van der Waals surface area contributed by atoms with Gasteiger partial charge in [0.2, 0.25) is 0 Å². The Kier molecular flexibility index (Phi) is 4.34. The normalized spacial score (nSPS) is 13.4. The number of nitrogens with one attached hydrogen (secondary N) is 1. The fourth-order valence-electron chi connectivity index (χ4n) is 1.76. The van der Waals surface area contributed by atoms with Crippen molar-refractivity contribution in [3.05, 3.63) is 11.9 Å². The number of nitrogens with two attached hydrogens (primary N) is 1. The topological polar surface area (TPSA) is 93.2 Å². The molecule has 1 amide bonds. The average molecular weight is 254 g/mol. The number of anilines is 1. The molecule has 18 heavy (non-hydrogen) atoms. The fraction of sp³-hybridized carbons (Fsp3) is 0.667. The third kappa shape index (κ3) is 3.46. The molecule has 1 rings (SSSR count). The first-order chi connectivity index (χ1) is 8.25. The highest BCUT2D eigenvalue weighted by molar-refractivity contribution is 5.97. The molecule has 0 aliphatic rings. The van der Waals surface area contributed by atoms with Crippen molar-refractivity contribution in [1.29, 1.82) is 0 Å². The highest BCUT2D eigenvalue weighted by Crippen LogP contribution is 2.22. The van der Waals surface area contributed by atoms with Gasteiger partial charge in [-0.05, 0) is 11.8 Å². The Morgan fingerprint density at radius 3 is 2.61 bits per heavy atom. The van der Waals surface area contributed by atoms with Crippen LogP contribution >= 0.6 is 0 Å². The van der Waals surface area contributed by atoms with Crippen LogP contribution in [0.3, 0.4) is 0 Å². The standard InChI is InChI=1S/C12H22N4O2/c1-12(2,3)9(5-6-17)14-11(18)10-8(13)7-16(4)15-10/h7,9,17H,5-6,13H2,1-4H3,(H,14,18). The molecule has 0 fully saturated rings. The Balaban J connectivity index is 2.82. The van der Waals surface area contributed by atoms with Gasteiger partial charge in [0.05, 0.1) is 5.69 Å². The summed E-state index contributed by atoms with van der Waals surface area (Å²) in [6, 6.07) is -0.128. The van der Waals surface area contributed by atoms with Gasteiger partial charge in [0.1, 0.15) is 0 Å². The Morgan fingerprint density at radius 2 is 2.22 bits per heavy atom. The number of carbonyl (C=O) groups is 1. The molecule has 1 heterocycles. The molecule has 0 radical (unpaired) electrons. The zero-order chi connectivity index (χ0) is 13.9. The predicted octanol–water partition coefficient (Wildman–Crippen LogP) is 0.529. The van der Waals surface area contributed by atoms with E-state index in [2.05, 4.69) is 10.4 Å². The number of nitrogen functional groups attached to an aromatic ring is 1. The summed E-state index contributed by atoms with van der Waals surface area (Å²) in [6.07, 6.45) is 2.09. The van der Waals surface area contributed by atoms with Gasteiger partial charge < -0.3 is 16.2 Å². The lowest BCUT2D eigenvalue weighted by molar-refractivity contribution is 0.0880. The quantitative estimate of drug-likeness (QED) is 0.730. The molecule has 1 atom stereocenters. The Bertz CT molecular complexity index is 420. The first kappa shape index (κ1) is 14.5. The van der Waals surface area contributed by atoms with Crippen LogP contribution in [0.2, 0.25) is 0 Å². The van der Waals surface area contributed by atoms with Crippen molar-refractivity contribution in [2.24, 2.45) is 12.5 Å². The summed E-state index contributed by atoms with van der Waals surface area (Å²) in [6.45, 7) is 6.06. The predicted molar refractivity (Wildman–Crippen MR) is 70.0 cm³/mol. The molecule has 0 bridgehead atoms. The molecule has 1 aromatic heterocycles. The van der Waals surface area contributed by atoms with Gasteiger partial charge in [-0.2, -0.15) is 5.10 Å². The van der Waals surface area contributed by atoms with Crippen molar-refractivity contribution < 1.29 is 9.90 Å². The number of nitrogens with zero attached hydrogens (tertiary/aromatic N) is 2. The lowest BCUT2D eigenvalue weighted by atomic mass is 9.85. The number of hydrogen-bond donors (Lipinski definition) is 3. The second-order valence-corrected chi connectivity index (χ2v) is 5.51. The Morgan fingerprint density at radius 1 is 1.61 bits per heavy atom. The molecule has 0 aliphatic heterocycles. The van der Waals surface area contributed by atoms with Crippen LogP contribution in [-0.4, -0.2) is 33.4 Å². The first-order valence-electron chi connectivity index (χ1n) is 5.96. The minimum absolute atomic E-state index is 0.0277. The summed E-state index contributed by atoms with van der Waals surface area (Å²) in [5, 5.41) is 15.9. The molecule has 0 saturated carbocycles. The van der Waals surface area contributed by atoms with Gasteiger partial charge in [-0.1, -0.05) is 20.8 Å². The van der Waals surface area contributed by atoms with Crippen LogP contribution in [0.25, 0.3) is 0 Å². The fourth-order valence-corrected chi connectivity index (χ4v) is 1.76. The van der Waals surface area contributed by atoms with Crippen LogP contribution in [0.15, 0.2) is 6.20 Å². The van der Waals surface area contributed by atoms with E-state index in [0.717, 1.165) is 0 Å². The van der Waals surface area contributed by atoms with Crippen LogP contribution in [0.1, 0.15) is 37.7 Å². The number of hydrogen-bond acceptors (Lipinski definition) is 4. The number of aromatic nitrogens is 2. The van der Waals surface area contributed by atoms with E-state index >= 15 is 0 Å². The van der Waals surface area contributed by atoms with Crippen LogP contribution in [0, 0.1) is 5.41 Å². The second-order valence-electron chi connectivity index (χ2n) is 5.51. The van der Waals surface area contributed by atoms with E-state index in [1.54, 1.807) is 13.2 Å². The minimum atomic E-state index is -0.304. The monoisotopic (exact) mass is 254 g/mol.